The molecule has 2 nitrogen and oxygen atoms in total. The van der Waals surface area contributed by atoms with E-state index in [9.17, 15) is 0 Å². The van der Waals surface area contributed by atoms with Gasteiger partial charge in [-0.1, -0.05) is 20.3 Å². The lowest BCUT2D eigenvalue weighted by Gasteiger charge is -2.36. The number of nitrogens with one attached hydrogen (secondary N) is 1. The molecular weight excluding hydrogens is 184 g/mol. The molecule has 90 valence electrons. The van der Waals surface area contributed by atoms with E-state index in [0.717, 1.165) is 18.5 Å². The molecule has 0 bridgehead atoms. The summed E-state index contributed by atoms with van der Waals surface area (Å²) in [6.45, 7) is 12.0. The average molecular weight is 212 g/mol. The highest BCUT2D eigenvalue weighted by Crippen LogP contribution is 2.16. The Morgan fingerprint density at radius 2 is 1.80 bits per heavy atom. The van der Waals surface area contributed by atoms with Gasteiger partial charge in [-0.05, 0) is 58.3 Å². The minimum absolute atomic E-state index is 0.745. The van der Waals surface area contributed by atoms with E-state index in [2.05, 4.69) is 31.0 Å². The Hall–Kier alpha value is -0.0800. The predicted molar refractivity (Wildman–Crippen MR) is 67.2 cm³/mol. The van der Waals surface area contributed by atoms with Crippen LogP contribution in [0.5, 0.6) is 0 Å². The Kier molecular flexibility index (Phi) is 6.26. The van der Waals surface area contributed by atoms with Crippen molar-refractivity contribution in [3.8, 4) is 0 Å². The van der Waals surface area contributed by atoms with Crippen molar-refractivity contribution in [3.05, 3.63) is 0 Å². The fourth-order valence-electron chi connectivity index (χ4n) is 2.36. The summed E-state index contributed by atoms with van der Waals surface area (Å²) >= 11 is 0. The van der Waals surface area contributed by atoms with Crippen molar-refractivity contribution in [1.29, 1.82) is 0 Å². The minimum Gasteiger partial charge on any atom is -0.316 e. The molecule has 0 aliphatic carbocycles. The lowest BCUT2D eigenvalue weighted by Crippen LogP contribution is -2.43. The van der Waals surface area contributed by atoms with E-state index in [4.69, 9.17) is 0 Å². The zero-order chi connectivity index (χ0) is 11.1. The van der Waals surface area contributed by atoms with E-state index in [1.54, 1.807) is 0 Å². The minimum atomic E-state index is 0.745. The van der Waals surface area contributed by atoms with Crippen molar-refractivity contribution >= 4 is 0 Å². The van der Waals surface area contributed by atoms with Crippen LogP contribution in [0.25, 0.3) is 0 Å². The summed E-state index contributed by atoms with van der Waals surface area (Å²) in [5.41, 5.74) is 0. The molecule has 1 aliphatic heterocycles. The van der Waals surface area contributed by atoms with Crippen molar-refractivity contribution in [2.24, 2.45) is 5.92 Å². The Morgan fingerprint density at radius 3 is 2.40 bits per heavy atom. The summed E-state index contributed by atoms with van der Waals surface area (Å²) in [4.78, 5) is 2.67. The SMILES string of the molecule is CCCNCC(C)C(C)N1CCCCC1. The quantitative estimate of drug-likeness (QED) is 0.681. The maximum Gasteiger partial charge on any atom is 0.0105 e. The predicted octanol–water partition coefficient (Wildman–Crippen LogP) is 2.50. The third kappa shape index (κ3) is 4.52. The van der Waals surface area contributed by atoms with E-state index >= 15 is 0 Å². The maximum absolute atomic E-state index is 3.53. The highest BCUT2D eigenvalue weighted by molar-refractivity contribution is 4.76. The highest BCUT2D eigenvalue weighted by Gasteiger charge is 2.21. The number of hydrogen-bond acceptors (Lipinski definition) is 2. The van der Waals surface area contributed by atoms with Gasteiger partial charge in [-0.2, -0.15) is 0 Å². The Labute approximate surface area is 95.4 Å². The van der Waals surface area contributed by atoms with Gasteiger partial charge < -0.3 is 10.2 Å². The van der Waals surface area contributed by atoms with Crippen LogP contribution in [0.15, 0.2) is 0 Å². The monoisotopic (exact) mass is 212 g/mol. The standard InChI is InChI=1S/C13H28N2/c1-4-8-14-11-12(2)13(3)15-9-6-5-7-10-15/h12-14H,4-11H2,1-3H3. The molecule has 0 saturated carbocycles. The largest absolute Gasteiger partial charge is 0.316 e. The average Bonchev–Trinajstić information content (AvgIpc) is 2.29. The third-order valence-electron chi connectivity index (χ3n) is 3.68. The maximum atomic E-state index is 3.53. The van der Waals surface area contributed by atoms with Gasteiger partial charge in [0.05, 0.1) is 0 Å². The number of piperidine rings is 1. The molecule has 0 aromatic carbocycles. The second-order valence-corrected chi connectivity index (χ2v) is 5.02. The van der Waals surface area contributed by atoms with Crippen LogP contribution in [-0.4, -0.2) is 37.1 Å². The van der Waals surface area contributed by atoms with Crippen LogP contribution in [0.3, 0.4) is 0 Å². The van der Waals surface area contributed by atoms with Crippen LogP contribution >= 0.6 is 0 Å². The van der Waals surface area contributed by atoms with E-state index in [-0.39, 0.29) is 0 Å². The van der Waals surface area contributed by atoms with Crippen LogP contribution in [0.4, 0.5) is 0 Å². The number of rotatable bonds is 6. The van der Waals surface area contributed by atoms with Gasteiger partial charge >= 0.3 is 0 Å². The van der Waals surface area contributed by atoms with Gasteiger partial charge in [0, 0.05) is 6.04 Å². The fourth-order valence-corrected chi connectivity index (χ4v) is 2.36. The Bertz CT molecular complexity index is 153. The van der Waals surface area contributed by atoms with Gasteiger partial charge in [-0.3, -0.25) is 0 Å². The summed E-state index contributed by atoms with van der Waals surface area (Å²) in [6.07, 6.45) is 5.48. The first kappa shape index (κ1) is 13.0. The molecule has 0 amide bonds. The molecule has 1 N–H and O–H groups in total. The molecule has 1 fully saturated rings. The molecular formula is C13H28N2. The van der Waals surface area contributed by atoms with Crippen LogP contribution in [0, 0.1) is 5.92 Å². The van der Waals surface area contributed by atoms with Crippen molar-refractivity contribution in [3.63, 3.8) is 0 Å². The van der Waals surface area contributed by atoms with E-state index in [0.29, 0.717) is 0 Å². The molecule has 2 heteroatoms. The highest BCUT2D eigenvalue weighted by atomic mass is 15.2. The molecule has 0 aromatic rings. The normalized spacial score (nSPS) is 22.6. The number of likely N-dealkylation sites (tertiary alicyclic amines) is 1. The summed E-state index contributed by atoms with van der Waals surface area (Å²) in [7, 11) is 0. The molecule has 0 radical (unpaired) electrons. The Balaban J connectivity index is 2.21. The van der Waals surface area contributed by atoms with Crippen LogP contribution in [0.2, 0.25) is 0 Å². The molecule has 2 unspecified atom stereocenters. The zero-order valence-corrected chi connectivity index (χ0v) is 10.8. The number of hydrogen-bond donors (Lipinski definition) is 1. The second-order valence-electron chi connectivity index (χ2n) is 5.02. The van der Waals surface area contributed by atoms with E-state index in [1.165, 1.54) is 45.3 Å². The first-order valence-corrected chi connectivity index (χ1v) is 6.70. The lowest BCUT2D eigenvalue weighted by atomic mass is 9.99. The van der Waals surface area contributed by atoms with Crippen LogP contribution < -0.4 is 5.32 Å². The van der Waals surface area contributed by atoms with Gasteiger partial charge in [0.25, 0.3) is 0 Å². The third-order valence-corrected chi connectivity index (χ3v) is 3.68. The molecule has 15 heavy (non-hydrogen) atoms. The molecule has 0 spiro atoms. The molecule has 1 heterocycles. The van der Waals surface area contributed by atoms with E-state index < -0.39 is 0 Å². The molecule has 1 rings (SSSR count). The van der Waals surface area contributed by atoms with Crippen molar-refractivity contribution < 1.29 is 0 Å². The van der Waals surface area contributed by atoms with Crippen molar-refractivity contribution in [2.75, 3.05) is 26.2 Å². The molecule has 1 aliphatic rings. The van der Waals surface area contributed by atoms with Crippen molar-refractivity contribution in [1.82, 2.24) is 10.2 Å². The van der Waals surface area contributed by atoms with E-state index in [1.807, 2.05) is 0 Å². The summed E-state index contributed by atoms with van der Waals surface area (Å²) in [6, 6.07) is 0.745. The van der Waals surface area contributed by atoms with Gasteiger partial charge in [0.1, 0.15) is 0 Å². The van der Waals surface area contributed by atoms with Gasteiger partial charge in [0.2, 0.25) is 0 Å². The number of nitrogens with zero attached hydrogens (tertiary/aromatic N) is 1. The first-order chi connectivity index (χ1) is 7.25. The fraction of sp³-hybridized carbons (Fsp3) is 1.00. The molecule has 0 aromatic heterocycles. The summed E-state index contributed by atoms with van der Waals surface area (Å²) in [5, 5.41) is 3.53. The summed E-state index contributed by atoms with van der Waals surface area (Å²) < 4.78 is 0. The van der Waals surface area contributed by atoms with Crippen LogP contribution in [-0.2, 0) is 0 Å². The first-order valence-electron chi connectivity index (χ1n) is 6.70. The second kappa shape index (κ2) is 7.24. The van der Waals surface area contributed by atoms with Gasteiger partial charge in [-0.25, -0.2) is 0 Å². The van der Waals surface area contributed by atoms with Gasteiger partial charge in [-0.15, -0.1) is 0 Å². The Morgan fingerprint density at radius 1 is 1.13 bits per heavy atom. The van der Waals surface area contributed by atoms with Crippen molar-refractivity contribution in [2.45, 2.75) is 52.5 Å². The topological polar surface area (TPSA) is 15.3 Å². The smallest absolute Gasteiger partial charge is 0.0105 e. The molecule has 1 saturated heterocycles. The zero-order valence-electron chi connectivity index (χ0n) is 10.8. The van der Waals surface area contributed by atoms with Crippen LogP contribution in [0.1, 0.15) is 46.5 Å². The van der Waals surface area contributed by atoms with Gasteiger partial charge in [0.15, 0.2) is 0 Å². The summed E-state index contributed by atoms with van der Waals surface area (Å²) in [5.74, 6) is 0.773. The molecule has 2 atom stereocenters. The lowest BCUT2D eigenvalue weighted by molar-refractivity contribution is 0.133.